The molecular weight excluding hydrogens is 571 g/mol. The van der Waals surface area contributed by atoms with Gasteiger partial charge in [0, 0.05) is 29.7 Å². The van der Waals surface area contributed by atoms with Crippen molar-refractivity contribution in [3.63, 3.8) is 0 Å². The minimum absolute atomic E-state index is 0.238. The van der Waals surface area contributed by atoms with Gasteiger partial charge in [-0.3, -0.25) is 0 Å². The Balaban J connectivity index is 1.53. The lowest BCUT2D eigenvalue weighted by Gasteiger charge is -2.23. The zero-order valence-electron chi connectivity index (χ0n) is 21.6. The van der Waals surface area contributed by atoms with E-state index < -0.39 is 12.1 Å². The highest BCUT2D eigenvalue weighted by Crippen LogP contribution is 2.16. The van der Waals surface area contributed by atoms with Crippen LogP contribution in [0.4, 0.5) is 14.9 Å². The van der Waals surface area contributed by atoms with Crippen LogP contribution in [0.2, 0.25) is 0 Å². The third-order valence-corrected chi connectivity index (χ3v) is 6.22. The van der Waals surface area contributed by atoms with Gasteiger partial charge in [0.15, 0.2) is 6.10 Å². The monoisotopic (exact) mass is 602 g/mol. The van der Waals surface area contributed by atoms with Crippen LogP contribution in [0.3, 0.4) is 0 Å². The number of halogens is 2. The minimum atomic E-state index is -1.000. The Bertz CT molecular complexity index is 1180. The molecule has 0 radical (unpaired) electrons. The van der Waals surface area contributed by atoms with Gasteiger partial charge in [-0.05, 0) is 66.6 Å². The molecule has 0 saturated carbocycles. The average molecular weight is 603 g/mol. The van der Waals surface area contributed by atoms with Crippen LogP contribution in [0.5, 0.6) is 5.75 Å². The lowest BCUT2D eigenvalue weighted by molar-refractivity contribution is -0.149. The lowest BCUT2D eigenvalue weighted by Crippen LogP contribution is -2.40. The Kier molecular flexibility index (Phi) is 12.2. The summed E-state index contributed by atoms with van der Waals surface area (Å²) in [4.78, 5) is 25.9. The van der Waals surface area contributed by atoms with Gasteiger partial charge in [-0.15, -0.1) is 0 Å². The predicted molar refractivity (Wildman–Crippen MR) is 149 cm³/mol. The molecule has 8 nitrogen and oxygen atoms in total. The Hall–Kier alpha value is -3.47. The fourth-order valence-electron chi connectivity index (χ4n) is 3.62. The first-order valence-corrected chi connectivity index (χ1v) is 13.3. The number of amides is 2. The van der Waals surface area contributed by atoms with Gasteiger partial charge in [0.2, 0.25) is 0 Å². The van der Waals surface area contributed by atoms with E-state index in [0.29, 0.717) is 37.7 Å². The lowest BCUT2D eigenvalue weighted by atomic mass is 10.1. The van der Waals surface area contributed by atoms with Gasteiger partial charge in [-0.25, -0.2) is 14.0 Å². The first kappa shape index (κ1) is 30.1. The molecule has 3 aromatic carbocycles. The smallest absolute Gasteiger partial charge is 0.333 e. The summed E-state index contributed by atoms with van der Waals surface area (Å²) in [5, 5.41) is 12.2. The van der Waals surface area contributed by atoms with Gasteiger partial charge in [-0.1, -0.05) is 40.2 Å². The van der Waals surface area contributed by atoms with Gasteiger partial charge in [0.05, 0.1) is 19.8 Å². The Morgan fingerprint density at radius 2 is 1.59 bits per heavy atom. The quantitative estimate of drug-likeness (QED) is 0.215. The summed E-state index contributed by atoms with van der Waals surface area (Å²) in [6.07, 6.45) is -0.643. The van der Waals surface area contributed by atoms with Crippen molar-refractivity contribution >= 4 is 33.6 Å². The van der Waals surface area contributed by atoms with Gasteiger partial charge >= 0.3 is 12.0 Å². The average Bonchev–Trinajstić information content (AvgIpc) is 2.92. The Morgan fingerprint density at radius 1 is 0.949 bits per heavy atom. The summed E-state index contributed by atoms with van der Waals surface area (Å²) in [5.41, 5.74) is 2.31. The molecule has 39 heavy (non-hydrogen) atoms. The molecule has 0 aliphatic heterocycles. The SMILES string of the molecule is CCOC(Cc1ccc(OCCN(CCOCc2ccc(F)cc2)C(=O)Nc2ccc(Br)cc2)cc1)C(=O)O. The second-order valence-corrected chi connectivity index (χ2v) is 9.50. The second kappa shape index (κ2) is 15.8. The summed E-state index contributed by atoms with van der Waals surface area (Å²) < 4.78 is 30.8. The van der Waals surface area contributed by atoms with E-state index in [1.807, 2.05) is 12.1 Å². The number of nitrogens with zero attached hydrogens (tertiary/aromatic N) is 1. The fourth-order valence-corrected chi connectivity index (χ4v) is 3.89. The van der Waals surface area contributed by atoms with E-state index in [0.717, 1.165) is 15.6 Å². The van der Waals surface area contributed by atoms with E-state index in [9.17, 15) is 19.1 Å². The maximum absolute atomic E-state index is 13.1. The Morgan fingerprint density at radius 3 is 2.23 bits per heavy atom. The van der Waals surface area contributed by atoms with Gasteiger partial charge < -0.3 is 29.5 Å². The van der Waals surface area contributed by atoms with Crippen molar-refractivity contribution in [2.75, 3.05) is 38.2 Å². The topological polar surface area (TPSA) is 97.3 Å². The van der Waals surface area contributed by atoms with E-state index in [2.05, 4.69) is 21.2 Å². The highest BCUT2D eigenvalue weighted by Gasteiger charge is 2.18. The zero-order chi connectivity index (χ0) is 28.0. The second-order valence-electron chi connectivity index (χ2n) is 8.58. The first-order chi connectivity index (χ1) is 18.8. The van der Waals surface area contributed by atoms with Crippen molar-refractivity contribution in [2.45, 2.75) is 26.1 Å². The van der Waals surface area contributed by atoms with E-state index in [-0.39, 0.29) is 31.5 Å². The van der Waals surface area contributed by atoms with Crippen molar-refractivity contribution < 1.29 is 33.3 Å². The third-order valence-electron chi connectivity index (χ3n) is 5.69. The summed E-state index contributed by atoms with van der Waals surface area (Å²) >= 11 is 3.38. The van der Waals surface area contributed by atoms with Crippen LogP contribution in [-0.4, -0.2) is 61.0 Å². The van der Waals surface area contributed by atoms with E-state index in [1.54, 1.807) is 60.4 Å². The standard InChI is InChI=1S/C29H32BrFN2O6/c1-2-38-27(28(34)35)19-21-5-13-26(14-6-21)39-18-16-33(29(36)32-25-11-7-23(30)8-12-25)15-17-37-20-22-3-9-24(31)10-4-22/h3-14,27H,2,15-20H2,1H3,(H,32,36)(H,34,35). The number of aliphatic carboxylic acids is 1. The summed E-state index contributed by atoms with van der Waals surface area (Å²) in [6, 6.07) is 20.2. The number of rotatable bonds is 15. The van der Waals surface area contributed by atoms with Gasteiger partial charge in [0.1, 0.15) is 18.2 Å². The number of carboxylic acid groups (broad SMARTS) is 1. The zero-order valence-corrected chi connectivity index (χ0v) is 23.2. The molecule has 208 valence electrons. The molecule has 2 N–H and O–H groups in total. The molecule has 0 aliphatic carbocycles. The molecule has 1 unspecified atom stereocenters. The maximum Gasteiger partial charge on any atom is 0.333 e. The molecule has 0 aliphatic rings. The van der Waals surface area contributed by atoms with E-state index in [1.165, 1.54) is 12.1 Å². The highest BCUT2D eigenvalue weighted by molar-refractivity contribution is 9.10. The fraction of sp³-hybridized carbons (Fsp3) is 0.310. The number of urea groups is 1. The molecule has 2 amide bonds. The number of carbonyl (C=O) groups is 2. The molecule has 0 fully saturated rings. The highest BCUT2D eigenvalue weighted by atomic mass is 79.9. The molecular formula is C29H32BrFN2O6. The maximum atomic E-state index is 13.1. The van der Waals surface area contributed by atoms with Crippen molar-refractivity contribution in [3.05, 3.63) is 94.2 Å². The van der Waals surface area contributed by atoms with Crippen molar-refractivity contribution in [1.82, 2.24) is 4.90 Å². The van der Waals surface area contributed by atoms with Crippen molar-refractivity contribution in [3.8, 4) is 5.75 Å². The van der Waals surface area contributed by atoms with Gasteiger partial charge in [-0.2, -0.15) is 0 Å². The summed E-state index contributed by atoms with van der Waals surface area (Å²) in [6.45, 7) is 3.52. The predicted octanol–water partition coefficient (Wildman–Crippen LogP) is 5.75. The van der Waals surface area contributed by atoms with Crippen LogP contribution in [0, 0.1) is 5.82 Å². The van der Waals surface area contributed by atoms with Crippen LogP contribution in [0.15, 0.2) is 77.3 Å². The van der Waals surface area contributed by atoms with E-state index in [4.69, 9.17) is 14.2 Å². The van der Waals surface area contributed by atoms with Crippen LogP contribution in [0.25, 0.3) is 0 Å². The minimum Gasteiger partial charge on any atom is -0.492 e. The third kappa shape index (κ3) is 10.7. The number of anilines is 1. The molecule has 3 aromatic rings. The van der Waals surface area contributed by atoms with Crippen LogP contribution in [-0.2, 0) is 27.3 Å². The number of hydrogen-bond acceptors (Lipinski definition) is 5. The molecule has 0 bridgehead atoms. The van der Waals surface area contributed by atoms with Gasteiger partial charge in [0.25, 0.3) is 0 Å². The molecule has 0 aromatic heterocycles. The molecule has 3 rings (SSSR count). The van der Waals surface area contributed by atoms with Crippen molar-refractivity contribution in [1.29, 1.82) is 0 Å². The first-order valence-electron chi connectivity index (χ1n) is 12.5. The molecule has 0 spiro atoms. The normalized spacial score (nSPS) is 11.6. The number of ether oxygens (including phenoxy) is 3. The summed E-state index contributed by atoms with van der Waals surface area (Å²) in [5.74, 6) is -0.706. The largest absolute Gasteiger partial charge is 0.492 e. The van der Waals surface area contributed by atoms with Crippen LogP contribution < -0.4 is 10.1 Å². The van der Waals surface area contributed by atoms with Crippen molar-refractivity contribution in [2.24, 2.45) is 0 Å². The van der Waals surface area contributed by atoms with Crippen LogP contribution in [0.1, 0.15) is 18.1 Å². The number of hydrogen-bond donors (Lipinski definition) is 2. The number of nitrogens with one attached hydrogen (secondary N) is 1. The molecule has 10 heteroatoms. The van der Waals surface area contributed by atoms with Crippen LogP contribution >= 0.6 is 15.9 Å². The van der Waals surface area contributed by atoms with E-state index >= 15 is 0 Å². The summed E-state index contributed by atoms with van der Waals surface area (Å²) in [7, 11) is 0. The Labute approximate surface area is 235 Å². The number of carboxylic acids is 1. The number of carbonyl (C=O) groups excluding carboxylic acids is 1. The number of benzene rings is 3. The molecule has 0 saturated heterocycles. The molecule has 0 heterocycles. The molecule has 1 atom stereocenters.